The first-order chi connectivity index (χ1) is 20.7. The van der Waals surface area contributed by atoms with Crippen LogP contribution in [0.2, 0.25) is 0 Å². The zero-order chi connectivity index (χ0) is 31.7. The molecule has 0 aromatic heterocycles. The Hall–Kier alpha value is -4.55. The number of nitrogens with zero attached hydrogens (tertiary/aromatic N) is 3. The average molecular weight is 604 g/mol. The molecule has 1 heterocycles. The molecule has 2 aromatic rings. The van der Waals surface area contributed by atoms with Crippen LogP contribution >= 0.6 is 0 Å². The standard InChI is InChI=1S/C30H41N3O10/c1-9-31(10-2)30(36)43-18-21-17-32(28(34)19-13-22(37-3)26(41-7)23(14-19)38-4)11-12-33(21)29(35)20-15-24(39-5)27(42-8)25(16-20)40-6/h13-16,21H,9-12,17-18H2,1-8H3. The van der Waals surface area contributed by atoms with Crippen molar-refractivity contribution in [3.63, 3.8) is 0 Å². The average Bonchev–Trinajstić information content (AvgIpc) is 3.05. The van der Waals surface area contributed by atoms with Crippen LogP contribution in [0.4, 0.5) is 4.79 Å². The van der Waals surface area contributed by atoms with Crippen molar-refractivity contribution in [1.82, 2.24) is 14.7 Å². The van der Waals surface area contributed by atoms with Gasteiger partial charge < -0.3 is 47.9 Å². The van der Waals surface area contributed by atoms with Crippen LogP contribution in [0.1, 0.15) is 34.6 Å². The molecule has 1 saturated heterocycles. The van der Waals surface area contributed by atoms with E-state index in [4.69, 9.17) is 33.2 Å². The maximum absolute atomic E-state index is 13.9. The van der Waals surface area contributed by atoms with Crippen molar-refractivity contribution in [2.75, 3.05) is 82.0 Å². The Bertz CT molecular complexity index is 1250. The molecule has 1 unspecified atom stereocenters. The number of carbonyl (C=O) groups is 3. The monoisotopic (exact) mass is 603 g/mol. The fourth-order valence-corrected chi connectivity index (χ4v) is 4.95. The molecule has 2 aromatic carbocycles. The van der Waals surface area contributed by atoms with Gasteiger partial charge in [-0.1, -0.05) is 0 Å². The van der Waals surface area contributed by atoms with Gasteiger partial charge in [-0.2, -0.15) is 0 Å². The largest absolute Gasteiger partial charge is 0.493 e. The van der Waals surface area contributed by atoms with Gasteiger partial charge in [0.1, 0.15) is 6.61 Å². The number of hydrogen-bond acceptors (Lipinski definition) is 10. The number of ether oxygens (including phenoxy) is 7. The van der Waals surface area contributed by atoms with Gasteiger partial charge in [-0.25, -0.2) is 4.79 Å². The highest BCUT2D eigenvalue weighted by atomic mass is 16.6. The number of methoxy groups -OCH3 is 6. The zero-order valence-electron chi connectivity index (χ0n) is 26.1. The quantitative estimate of drug-likeness (QED) is 0.357. The topological polar surface area (TPSA) is 126 Å². The lowest BCUT2D eigenvalue weighted by Crippen LogP contribution is -2.58. The van der Waals surface area contributed by atoms with Crippen LogP contribution in [-0.2, 0) is 4.74 Å². The lowest BCUT2D eigenvalue weighted by atomic mass is 10.1. The number of hydrogen-bond donors (Lipinski definition) is 0. The summed E-state index contributed by atoms with van der Waals surface area (Å²) < 4.78 is 38.1. The van der Waals surface area contributed by atoms with E-state index in [1.807, 2.05) is 13.8 Å². The zero-order valence-corrected chi connectivity index (χ0v) is 26.1. The Kier molecular flexibility index (Phi) is 11.6. The molecule has 0 spiro atoms. The van der Waals surface area contributed by atoms with E-state index in [2.05, 4.69) is 0 Å². The minimum absolute atomic E-state index is 0.108. The van der Waals surface area contributed by atoms with Crippen LogP contribution in [-0.4, -0.2) is 121 Å². The summed E-state index contributed by atoms with van der Waals surface area (Å²) in [5.41, 5.74) is 0.608. The molecular weight excluding hydrogens is 562 g/mol. The summed E-state index contributed by atoms with van der Waals surface area (Å²) in [7, 11) is 8.84. The molecule has 0 saturated carbocycles. The maximum atomic E-state index is 13.9. The van der Waals surface area contributed by atoms with Gasteiger partial charge in [0.05, 0.1) is 48.7 Å². The van der Waals surface area contributed by atoms with Gasteiger partial charge in [0.25, 0.3) is 11.8 Å². The summed E-state index contributed by atoms with van der Waals surface area (Å²) in [6.07, 6.45) is -0.502. The smallest absolute Gasteiger partial charge is 0.409 e. The van der Waals surface area contributed by atoms with E-state index in [9.17, 15) is 14.4 Å². The highest BCUT2D eigenvalue weighted by molar-refractivity contribution is 5.97. The van der Waals surface area contributed by atoms with Crippen LogP contribution in [0.25, 0.3) is 0 Å². The van der Waals surface area contributed by atoms with Gasteiger partial charge in [0.2, 0.25) is 11.5 Å². The van der Waals surface area contributed by atoms with E-state index in [-0.39, 0.29) is 38.1 Å². The van der Waals surface area contributed by atoms with E-state index in [0.717, 1.165) is 0 Å². The summed E-state index contributed by atoms with van der Waals surface area (Å²) in [4.78, 5) is 45.0. The second-order valence-electron chi connectivity index (χ2n) is 9.48. The van der Waals surface area contributed by atoms with E-state index >= 15 is 0 Å². The molecule has 0 radical (unpaired) electrons. The summed E-state index contributed by atoms with van der Waals surface area (Å²) in [6.45, 7) is 5.04. The van der Waals surface area contributed by atoms with Gasteiger partial charge in [-0.3, -0.25) is 9.59 Å². The fourth-order valence-electron chi connectivity index (χ4n) is 4.95. The number of carbonyl (C=O) groups excluding carboxylic acids is 3. The lowest BCUT2D eigenvalue weighted by Gasteiger charge is -2.41. The molecule has 0 aliphatic carbocycles. The molecule has 1 fully saturated rings. The molecule has 0 bridgehead atoms. The number of piperazine rings is 1. The van der Waals surface area contributed by atoms with Gasteiger partial charge in [-0.05, 0) is 38.1 Å². The third kappa shape index (κ3) is 7.09. The van der Waals surface area contributed by atoms with Gasteiger partial charge in [0.15, 0.2) is 23.0 Å². The predicted octanol–water partition coefficient (Wildman–Crippen LogP) is 3.18. The van der Waals surface area contributed by atoms with E-state index in [1.165, 1.54) is 47.6 Å². The van der Waals surface area contributed by atoms with Crippen molar-refractivity contribution >= 4 is 17.9 Å². The van der Waals surface area contributed by atoms with Crippen molar-refractivity contribution in [3.05, 3.63) is 35.4 Å². The van der Waals surface area contributed by atoms with Crippen LogP contribution in [0, 0.1) is 0 Å². The second-order valence-corrected chi connectivity index (χ2v) is 9.48. The first-order valence-corrected chi connectivity index (χ1v) is 13.8. The molecule has 3 rings (SSSR count). The normalized spacial score (nSPS) is 14.5. The van der Waals surface area contributed by atoms with Gasteiger partial charge in [-0.15, -0.1) is 0 Å². The molecule has 1 aliphatic heterocycles. The SMILES string of the molecule is CCN(CC)C(=O)OCC1CN(C(=O)c2cc(OC)c(OC)c(OC)c2)CCN1C(=O)c1cc(OC)c(OC)c(OC)c1. The fraction of sp³-hybridized carbons (Fsp3) is 0.500. The molecular formula is C30H41N3O10. The molecule has 43 heavy (non-hydrogen) atoms. The number of rotatable bonds is 12. The first-order valence-electron chi connectivity index (χ1n) is 13.8. The Morgan fingerprint density at radius 2 is 1.14 bits per heavy atom. The van der Waals surface area contributed by atoms with Crippen molar-refractivity contribution in [3.8, 4) is 34.5 Å². The van der Waals surface area contributed by atoms with Crippen LogP contribution < -0.4 is 28.4 Å². The minimum Gasteiger partial charge on any atom is -0.493 e. The summed E-state index contributed by atoms with van der Waals surface area (Å²) >= 11 is 0. The van der Waals surface area contributed by atoms with Crippen LogP contribution in [0.15, 0.2) is 24.3 Å². The predicted molar refractivity (Wildman–Crippen MR) is 157 cm³/mol. The van der Waals surface area contributed by atoms with Gasteiger partial charge in [0, 0.05) is 43.9 Å². The third-order valence-corrected chi connectivity index (χ3v) is 7.27. The molecule has 0 N–H and O–H groups in total. The van der Waals surface area contributed by atoms with E-state index in [1.54, 1.807) is 34.1 Å². The van der Waals surface area contributed by atoms with Crippen LogP contribution in [0.5, 0.6) is 34.5 Å². The lowest BCUT2D eigenvalue weighted by molar-refractivity contribution is 0.0183. The first kappa shape index (κ1) is 33.0. The molecule has 3 amide bonds. The van der Waals surface area contributed by atoms with Crippen molar-refractivity contribution in [2.24, 2.45) is 0 Å². The highest BCUT2D eigenvalue weighted by Gasteiger charge is 2.36. The second kappa shape index (κ2) is 15.1. The van der Waals surface area contributed by atoms with Gasteiger partial charge >= 0.3 is 6.09 Å². The Morgan fingerprint density at radius 1 is 0.698 bits per heavy atom. The Labute approximate surface area is 252 Å². The van der Waals surface area contributed by atoms with Crippen molar-refractivity contribution < 1.29 is 47.5 Å². The molecule has 13 nitrogen and oxygen atoms in total. The molecule has 13 heteroatoms. The molecule has 236 valence electrons. The Morgan fingerprint density at radius 3 is 1.53 bits per heavy atom. The third-order valence-electron chi connectivity index (χ3n) is 7.27. The number of benzene rings is 2. The minimum atomic E-state index is -0.647. The Balaban J connectivity index is 1.95. The molecule has 1 atom stereocenters. The number of amides is 3. The van der Waals surface area contributed by atoms with E-state index < -0.39 is 12.1 Å². The molecule has 1 aliphatic rings. The summed E-state index contributed by atoms with van der Waals surface area (Å²) in [5.74, 6) is 1.40. The highest BCUT2D eigenvalue weighted by Crippen LogP contribution is 2.40. The van der Waals surface area contributed by atoms with E-state index in [0.29, 0.717) is 58.7 Å². The van der Waals surface area contributed by atoms with Crippen LogP contribution in [0.3, 0.4) is 0 Å². The summed E-state index contributed by atoms with van der Waals surface area (Å²) in [5, 5.41) is 0. The van der Waals surface area contributed by atoms with Crippen molar-refractivity contribution in [2.45, 2.75) is 19.9 Å². The maximum Gasteiger partial charge on any atom is 0.409 e. The van der Waals surface area contributed by atoms with Crippen molar-refractivity contribution in [1.29, 1.82) is 0 Å². The summed E-state index contributed by atoms with van der Waals surface area (Å²) in [6, 6.07) is 5.64.